The van der Waals surface area contributed by atoms with Crippen LogP contribution in [0, 0.1) is 5.92 Å². The molecule has 0 radical (unpaired) electrons. The smallest absolute Gasteiger partial charge is 0.134 e. The minimum atomic E-state index is -1.15. The average molecular weight is 432 g/mol. The second kappa shape index (κ2) is 7.46. The van der Waals surface area contributed by atoms with Crippen molar-refractivity contribution in [1.82, 2.24) is 4.90 Å². The van der Waals surface area contributed by atoms with Gasteiger partial charge in [-0.3, -0.25) is 4.90 Å². The number of methoxy groups -OCH3 is 2. The van der Waals surface area contributed by atoms with Crippen LogP contribution in [0.15, 0.2) is 46.9 Å². The first kappa shape index (κ1) is 18.8. The van der Waals surface area contributed by atoms with Gasteiger partial charge in [-0.2, -0.15) is 0 Å². The van der Waals surface area contributed by atoms with E-state index in [9.17, 15) is 5.11 Å². The first-order chi connectivity index (χ1) is 13.1. The molecule has 27 heavy (non-hydrogen) atoms. The van der Waals surface area contributed by atoms with E-state index in [2.05, 4.69) is 20.8 Å². The van der Waals surface area contributed by atoms with Gasteiger partial charge in [-0.25, -0.2) is 0 Å². The maximum Gasteiger partial charge on any atom is 0.134 e. The number of ether oxygens (including phenoxy) is 2. The number of piperidine rings is 3. The molecule has 5 rings (SSSR count). The van der Waals surface area contributed by atoms with Crippen molar-refractivity contribution in [3.63, 3.8) is 0 Å². The van der Waals surface area contributed by atoms with Gasteiger partial charge in [0.15, 0.2) is 0 Å². The number of benzene rings is 2. The van der Waals surface area contributed by atoms with E-state index in [0.29, 0.717) is 11.7 Å². The number of nitrogens with zero attached hydrogens (tertiary/aromatic N) is 1. The highest BCUT2D eigenvalue weighted by Gasteiger charge is 2.49. The fraction of sp³-hybridized carbons (Fsp3) is 0.455. The van der Waals surface area contributed by atoms with Crippen LogP contribution in [0.25, 0.3) is 0 Å². The molecule has 1 unspecified atom stereocenters. The molecule has 3 saturated heterocycles. The molecule has 2 bridgehead atoms. The van der Waals surface area contributed by atoms with Crippen LogP contribution in [0.4, 0.5) is 0 Å². The molecule has 3 heterocycles. The van der Waals surface area contributed by atoms with Crippen LogP contribution in [0.5, 0.6) is 11.5 Å². The maximum absolute atomic E-state index is 12.3. The van der Waals surface area contributed by atoms with Crippen LogP contribution < -0.4 is 9.47 Å². The van der Waals surface area contributed by atoms with Crippen molar-refractivity contribution >= 4 is 15.9 Å². The second-order valence-corrected chi connectivity index (χ2v) is 8.49. The lowest BCUT2D eigenvalue weighted by atomic mass is 9.70. The second-order valence-electron chi connectivity index (χ2n) is 7.57. The molecule has 2 atom stereocenters. The molecule has 144 valence electrons. The molecule has 5 heteroatoms. The predicted molar refractivity (Wildman–Crippen MR) is 109 cm³/mol. The lowest BCUT2D eigenvalue weighted by Crippen LogP contribution is -2.58. The summed E-state index contributed by atoms with van der Waals surface area (Å²) in [6.45, 7) is 2.09. The minimum absolute atomic E-state index is 0.0293. The number of hydrogen-bond donors (Lipinski definition) is 1. The Balaban J connectivity index is 1.88. The van der Waals surface area contributed by atoms with Crippen LogP contribution in [0.3, 0.4) is 0 Å². The molecule has 0 saturated carbocycles. The molecular weight excluding hydrogens is 406 g/mol. The van der Waals surface area contributed by atoms with Gasteiger partial charge in [0.2, 0.25) is 0 Å². The van der Waals surface area contributed by atoms with E-state index < -0.39 is 5.60 Å². The van der Waals surface area contributed by atoms with Gasteiger partial charge in [-0.15, -0.1) is 0 Å². The Morgan fingerprint density at radius 1 is 1.04 bits per heavy atom. The predicted octanol–water partition coefficient (Wildman–Crippen LogP) is 4.19. The van der Waals surface area contributed by atoms with Gasteiger partial charge in [-0.05, 0) is 74.2 Å². The Morgan fingerprint density at radius 3 is 2.30 bits per heavy atom. The summed E-state index contributed by atoms with van der Waals surface area (Å²) in [5.74, 6) is 2.18. The van der Waals surface area contributed by atoms with Gasteiger partial charge >= 0.3 is 0 Å². The molecule has 1 N–H and O–H groups in total. The summed E-state index contributed by atoms with van der Waals surface area (Å²) in [4.78, 5) is 2.45. The number of aliphatic hydroxyl groups is 1. The molecule has 2 aromatic carbocycles. The van der Waals surface area contributed by atoms with E-state index in [0.717, 1.165) is 40.9 Å². The van der Waals surface area contributed by atoms with Crippen molar-refractivity contribution in [3.05, 3.63) is 58.1 Å². The fourth-order valence-corrected chi connectivity index (χ4v) is 5.11. The molecule has 3 aliphatic heterocycles. The van der Waals surface area contributed by atoms with E-state index in [1.54, 1.807) is 14.2 Å². The van der Waals surface area contributed by atoms with E-state index in [-0.39, 0.29) is 6.04 Å². The Labute approximate surface area is 169 Å². The van der Waals surface area contributed by atoms with Crippen molar-refractivity contribution in [2.45, 2.75) is 30.9 Å². The quantitative estimate of drug-likeness (QED) is 0.770. The van der Waals surface area contributed by atoms with Gasteiger partial charge in [-0.1, -0.05) is 28.1 Å². The van der Waals surface area contributed by atoms with E-state index >= 15 is 0 Å². The first-order valence-corrected chi connectivity index (χ1v) is 10.3. The third-order valence-corrected chi connectivity index (χ3v) is 6.72. The van der Waals surface area contributed by atoms with Gasteiger partial charge < -0.3 is 14.6 Å². The van der Waals surface area contributed by atoms with Gasteiger partial charge in [0, 0.05) is 16.1 Å². The van der Waals surface area contributed by atoms with Gasteiger partial charge in [0.1, 0.15) is 17.1 Å². The zero-order valence-corrected chi connectivity index (χ0v) is 17.4. The lowest BCUT2D eigenvalue weighted by Gasteiger charge is -2.52. The molecule has 3 fully saturated rings. The Kier molecular flexibility index (Phi) is 5.19. The molecule has 3 aliphatic rings. The summed E-state index contributed by atoms with van der Waals surface area (Å²) in [7, 11) is 3.32. The molecule has 0 aliphatic carbocycles. The topological polar surface area (TPSA) is 41.9 Å². The van der Waals surface area contributed by atoms with Crippen LogP contribution in [-0.2, 0) is 5.60 Å². The zero-order chi connectivity index (χ0) is 19.0. The molecule has 2 aromatic rings. The first-order valence-electron chi connectivity index (χ1n) is 9.51. The number of hydrogen-bond acceptors (Lipinski definition) is 4. The average Bonchev–Trinajstić information content (AvgIpc) is 2.74. The molecule has 4 nitrogen and oxygen atoms in total. The third kappa shape index (κ3) is 3.26. The summed E-state index contributed by atoms with van der Waals surface area (Å²) in [6.07, 6.45) is 3.45. The fourth-order valence-electron chi connectivity index (χ4n) is 4.75. The van der Waals surface area contributed by atoms with Gasteiger partial charge in [0.25, 0.3) is 0 Å². The third-order valence-electron chi connectivity index (χ3n) is 6.23. The number of halogens is 1. The number of rotatable bonds is 5. The summed E-state index contributed by atoms with van der Waals surface area (Å²) < 4.78 is 11.9. The highest BCUT2D eigenvalue weighted by atomic mass is 79.9. The Bertz CT molecular complexity index is 802. The van der Waals surface area contributed by atoms with Crippen LogP contribution in [-0.4, -0.2) is 43.4 Å². The van der Waals surface area contributed by atoms with Crippen LogP contribution >= 0.6 is 15.9 Å². The Hall–Kier alpha value is -1.56. The van der Waals surface area contributed by atoms with E-state index in [1.807, 2.05) is 42.5 Å². The molecular formula is C22H26BrNO3. The molecule has 0 spiro atoms. The van der Waals surface area contributed by atoms with E-state index in [4.69, 9.17) is 9.47 Å². The molecule has 0 aromatic heterocycles. The van der Waals surface area contributed by atoms with Crippen molar-refractivity contribution < 1.29 is 14.6 Å². The van der Waals surface area contributed by atoms with Crippen molar-refractivity contribution in [1.29, 1.82) is 0 Å². The highest BCUT2D eigenvalue weighted by Crippen LogP contribution is 2.47. The summed E-state index contributed by atoms with van der Waals surface area (Å²) >= 11 is 3.58. The van der Waals surface area contributed by atoms with Crippen molar-refractivity contribution in [3.8, 4) is 11.5 Å². The largest absolute Gasteiger partial charge is 0.497 e. The van der Waals surface area contributed by atoms with E-state index in [1.165, 1.54) is 12.8 Å². The van der Waals surface area contributed by atoms with Crippen LogP contribution in [0.1, 0.15) is 30.4 Å². The summed E-state index contributed by atoms with van der Waals surface area (Å²) in [6, 6.07) is 13.7. The summed E-state index contributed by atoms with van der Waals surface area (Å²) in [5.41, 5.74) is 0.528. The van der Waals surface area contributed by atoms with Crippen molar-refractivity contribution in [2.75, 3.05) is 27.3 Å². The Morgan fingerprint density at radius 2 is 1.74 bits per heavy atom. The normalized spacial score (nSPS) is 26.4. The highest BCUT2D eigenvalue weighted by molar-refractivity contribution is 9.10. The summed E-state index contributed by atoms with van der Waals surface area (Å²) in [5, 5.41) is 12.3. The standard InChI is InChI=1S/C22H26BrNO3/c1-26-18-6-3-16(4-7-18)22(25,19-14-17(23)5-8-20(19)27-2)21-13-15-9-11-24(21)12-10-15/h3-8,14-15,21,25H,9-13H2,1-2H3/t21?,22-/m1/s1. The lowest BCUT2D eigenvalue weighted by molar-refractivity contribution is -0.0755. The zero-order valence-electron chi connectivity index (χ0n) is 15.8. The van der Waals surface area contributed by atoms with Gasteiger partial charge in [0.05, 0.1) is 14.2 Å². The molecule has 0 amide bonds. The minimum Gasteiger partial charge on any atom is -0.497 e. The monoisotopic (exact) mass is 431 g/mol. The van der Waals surface area contributed by atoms with Crippen molar-refractivity contribution in [2.24, 2.45) is 5.92 Å². The SMILES string of the molecule is COc1ccc([C@@](O)(c2cc(Br)ccc2OC)C2CC3CCN2CC3)cc1. The van der Waals surface area contributed by atoms with Crippen LogP contribution in [0.2, 0.25) is 0 Å². The maximum atomic E-state index is 12.3. The number of fused-ring (bicyclic) bond motifs is 3.